The Bertz CT molecular complexity index is 3210. The van der Waals surface area contributed by atoms with Gasteiger partial charge < -0.3 is 14.2 Å². The number of thiophene rings is 1. The summed E-state index contributed by atoms with van der Waals surface area (Å²) in [5.41, 5.74) is 11.1. The minimum absolute atomic E-state index is 0.596. The molecule has 0 bridgehead atoms. The number of nitrogens with zero attached hydrogens (tertiary/aromatic N) is 3. The second-order valence-electron chi connectivity index (χ2n) is 14.4. The van der Waals surface area contributed by atoms with Crippen LogP contribution in [-0.4, -0.2) is 4.98 Å². The predicted octanol–water partition coefficient (Wildman–Crippen LogP) is 15.6. The topological polar surface area (TPSA) is 32.5 Å². The molecule has 0 atom stereocenters. The van der Waals surface area contributed by atoms with Crippen LogP contribution >= 0.6 is 11.3 Å². The Labute approximate surface area is 340 Å². The van der Waals surface area contributed by atoms with Crippen molar-refractivity contribution in [3.8, 4) is 22.6 Å². The van der Waals surface area contributed by atoms with Crippen LogP contribution in [0.15, 0.2) is 217 Å². The van der Waals surface area contributed by atoms with Gasteiger partial charge in [0.25, 0.3) is 0 Å². The van der Waals surface area contributed by atoms with E-state index >= 15 is 0 Å². The Morgan fingerprint density at radius 2 is 0.983 bits per heavy atom. The first-order valence-electron chi connectivity index (χ1n) is 19.5. The largest absolute Gasteiger partial charge is 0.435 e. The lowest BCUT2D eigenvalue weighted by molar-refractivity contribution is 0.623. The number of para-hydroxylation sites is 2. The van der Waals surface area contributed by atoms with Crippen molar-refractivity contribution in [2.45, 2.75) is 0 Å². The van der Waals surface area contributed by atoms with E-state index in [1.165, 1.54) is 25.7 Å². The van der Waals surface area contributed by atoms with Crippen LogP contribution in [0.1, 0.15) is 0 Å². The maximum absolute atomic E-state index is 6.82. The molecule has 5 heteroatoms. The molecule has 0 radical (unpaired) electrons. The summed E-state index contributed by atoms with van der Waals surface area (Å²) in [4.78, 5) is 9.80. The van der Waals surface area contributed by atoms with Gasteiger partial charge in [-0.05, 0) is 95.4 Å². The third kappa shape index (κ3) is 5.88. The highest BCUT2D eigenvalue weighted by atomic mass is 32.1. The van der Waals surface area contributed by atoms with Gasteiger partial charge in [0, 0.05) is 43.8 Å². The Morgan fingerprint density at radius 1 is 0.414 bits per heavy atom. The summed E-state index contributed by atoms with van der Waals surface area (Å²) in [6.45, 7) is 0. The quantitative estimate of drug-likeness (QED) is 0.154. The molecule has 0 unspecified atom stereocenters. The van der Waals surface area contributed by atoms with Gasteiger partial charge in [-0.15, -0.1) is 11.3 Å². The van der Waals surface area contributed by atoms with Gasteiger partial charge in [-0.3, -0.25) is 0 Å². The average molecular weight is 762 g/mol. The van der Waals surface area contributed by atoms with Crippen molar-refractivity contribution in [2.75, 3.05) is 9.80 Å². The maximum Gasteiger partial charge on any atom is 0.227 e. The van der Waals surface area contributed by atoms with Crippen molar-refractivity contribution in [3.05, 3.63) is 212 Å². The highest BCUT2D eigenvalue weighted by molar-refractivity contribution is 7.26. The van der Waals surface area contributed by atoms with Gasteiger partial charge in [0.05, 0.1) is 21.5 Å². The summed E-state index contributed by atoms with van der Waals surface area (Å²) >= 11 is 1.84. The van der Waals surface area contributed by atoms with Gasteiger partial charge in [0.15, 0.2) is 5.58 Å². The molecule has 0 fully saturated rings. The molecule has 0 saturated carbocycles. The zero-order chi connectivity index (χ0) is 38.4. The molecule has 0 aliphatic heterocycles. The van der Waals surface area contributed by atoms with Gasteiger partial charge in [-0.1, -0.05) is 133 Å². The average Bonchev–Trinajstić information content (AvgIpc) is 3.91. The molecule has 11 aromatic rings. The number of fused-ring (bicyclic) bond motifs is 6. The molecule has 0 aliphatic carbocycles. The van der Waals surface area contributed by atoms with E-state index in [4.69, 9.17) is 9.40 Å². The van der Waals surface area contributed by atoms with Crippen LogP contribution in [0.3, 0.4) is 0 Å². The van der Waals surface area contributed by atoms with Gasteiger partial charge >= 0.3 is 0 Å². The van der Waals surface area contributed by atoms with Gasteiger partial charge in [-0.2, -0.15) is 0 Å². The Hall–Kier alpha value is -7.47. The molecular formula is C53H35N3OS. The van der Waals surface area contributed by atoms with E-state index in [1.54, 1.807) is 0 Å². The van der Waals surface area contributed by atoms with Crippen molar-refractivity contribution >= 4 is 87.5 Å². The first-order valence-corrected chi connectivity index (χ1v) is 20.3. The number of oxazole rings is 1. The maximum atomic E-state index is 6.82. The summed E-state index contributed by atoms with van der Waals surface area (Å²) in [6, 6.07) is 75.1. The highest BCUT2D eigenvalue weighted by Crippen LogP contribution is 2.49. The highest BCUT2D eigenvalue weighted by Gasteiger charge is 2.25. The normalized spacial score (nSPS) is 11.4. The number of aromatic nitrogens is 1. The lowest BCUT2D eigenvalue weighted by Crippen LogP contribution is -2.14. The van der Waals surface area contributed by atoms with Crippen molar-refractivity contribution in [1.29, 1.82) is 0 Å². The fraction of sp³-hybridized carbons (Fsp3) is 0. The van der Waals surface area contributed by atoms with Crippen molar-refractivity contribution < 1.29 is 4.42 Å². The molecule has 2 aromatic heterocycles. The minimum Gasteiger partial charge on any atom is -0.435 e. The fourth-order valence-electron chi connectivity index (χ4n) is 8.17. The Balaban J connectivity index is 1.21. The van der Waals surface area contributed by atoms with Crippen LogP contribution in [0.2, 0.25) is 0 Å². The molecule has 0 amide bonds. The van der Waals surface area contributed by atoms with Crippen molar-refractivity contribution in [2.24, 2.45) is 0 Å². The van der Waals surface area contributed by atoms with E-state index in [2.05, 4.69) is 192 Å². The van der Waals surface area contributed by atoms with Gasteiger partial charge in [0.2, 0.25) is 5.89 Å². The predicted molar refractivity (Wildman–Crippen MR) is 245 cm³/mol. The standard InChI is InChI=1S/C53H35N3OS/c1-5-16-36(17-6-1)37-28-31-42(32-29-37)55(40-20-9-3-10-21-40)48-35-43(34-39-30-33-46-51(50(39)48)57-53(54-46)38-18-7-2-8-19-38)56(41-22-11-4-12-23-41)47-26-15-25-45-44-24-13-14-27-49(44)58-52(45)47/h1-35H. The van der Waals surface area contributed by atoms with Crippen LogP contribution in [0.25, 0.3) is 64.6 Å². The van der Waals surface area contributed by atoms with Crippen LogP contribution in [0, 0.1) is 0 Å². The monoisotopic (exact) mass is 761 g/mol. The lowest BCUT2D eigenvalue weighted by Gasteiger charge is -2.31. The molecule has 0 saturated heterocycles. The molecule has 2 heterocycles. The molecule has 58 heavy (non-hydrogen) atoms. The third-order valence-electron chi connectivity index (χ3n) is 10.8. The zero-order valence-corrected chi connectivity index (χ0v) is 32.2. The van der Waals surface area contributed by atoms with Crippen molar-refractivity contribution in [3.63, 3.8) is 0 Å². The molecule has 11 rings (SSSR count). The van der Waals surface area contributed by atoms with Crippen LogP contribution in [-0.2, 0) is 0 Å². The summed E-state index contributed by atoms with van der Waals surface area (Å²) in [6.07, 6.45) is 0. The lowest BCUT2D eigenvalue weighted by atomic mass is 10.0. The Morgan fingerprint density at radius 3 is 1.69 bits per heavy atom. The van der Waals surface area contributed by atoms with Gasteiger partial charge in [0.1, 0.15) is 5.52 Å². The zero-order valence-electron chi connectivity index (χ0n) is 31.4. The molecule has 0 spiro atoms. The molecule has 9 aromatic carbocycles. The summed E-state index contributed by atoms with van der Waals surface area (Å²) in [7, 11) is 0. The second-order valence-corrected chi connectivity index (χ2v) is 15.4. The number of benzene rings is 9. The Kier molecular flexibility index (Phi) is 8.30. The summed E-state index contributed by atoms with van der Waals surface area (Å²) in [5, 5.41) is 4.55. The summed E-state index contributed by atoms with van der Waals surface area (Å²) < 4.78 is 9.33. The van der Waals surface area contributed by atoms with E-state index in [1.807, 2.05) is 41.7 Å². The molecule has 274 valence electrons. The molecular weight excluding hydrogens is 727 g/mol. The molecule has 4 nitrogen and oxygen atoms in total. The molecule has 0 N–H and O–H groups in total. The number of hydrogen-bond donors (Lipinski definition) is 0. The summed E-state index contributed by atoms with van der Waals surface area (Å²) in [5.74, 6) is 0.596. The van der Waals surface area contributed by atoms with E-state index in [-0.39, 0.29) is 0 Å². The van der Waals surface area contributed by atoms with Crippen LogP contribution in [0.4, 0.5) is 34.1 Å². The van der Waals surface area contributed by atoms with Crippen LogP contribution < -0.4 is 9.80 Å². The third-order valence-corrected chi connectivity index (χ3v) is 12.0. The van der Waals surface area contributed by atoms with E-state index in [9.17, 15) is 0 Å². The van der Waals surface area contributed by atoms with Crippen molar-refractivity contribution in [1.82, 2.24) is 4.98 Å². The van der Waals surface area contributed by atoms with Gasteiger partial charge in [-0.25, -0.2) is 4.98 Å². The smallest absolute Gasteiger partial charge is 0.227 e. The SMILES string of the molecule is c1ccc(-c2ccc(N(c3ccccc3)c3cc(N(c4ccccc4)c4cccc5c4sc4ccccc45)cc4ccc5nc(-c6ccccc6)oc5c34)cc2)cc1. The first kappa shape index (κ1) is 33.8. The van der Waals surface area contributed by atoms with E-state index in [0.717, 1.165) is 67.1 Å². The molecule has 0 aliphatic rings. The number of hydrogen-bond acceptors (Lipinski definition) is 5. The number of rotatable bonds is 8. The first-order chi connectivity index (χ1) is 28.8. The number of anilines is 6. The minimum atomic E-state index is 0.596. The van der Waals surface area contributed by atoms with E-state index in [0.29, 0.717) is 5.89 Å². The van der Waals surface area contributed by atoms with E-state index < -0.39 is 0 Å². The second kappa shape index (κ2) is 14.2. The fourth-order valence-corrected chi connectivity index (χ4v) is 9.37. The van der Waals surface area contributed by atoms with Crippen LogP contribution in [0.5, 0.6) is 0 Å².